The van der Waals surface area contributed by atoms with E-state index in [1.165, 1.54) is 0 Å². The molecule has 4 nitrogen and oxygen atoms in total. The highest BCUT2D eigenvalue weighted by atomic mass is 16.2. The van der Waals surface area contributed by atoms with Crippen molar-refractivity contribution >= 4 is 5.91 Å². The van der Waals surface area contributed by atoms with Gasteiger partial charge in [-0.25, -0.2) is 0 Å². The molecule has 1 amide bonds. The summed E-state index contributed by atoms with van der Waals surface area (Å²) in [6.45, 7) is 2.73. The largest absolute Gasteiger partial charge is 0.352 e. The third-order valence-electron chi connectivity index (χ3n) is 1.90. The van der Waals surface area contributed by atoms with Gasteiger partial charge in [0.05, 0.1) is 18.5 Å². The summed E-state index contributed by atoms with van der Waals surface area (Å²) in [7, 11) is 0. The van der Waals surface area contributed by atoms with Crippen molar-refractivity contribution < 1.29 is 4.79 Å². The Labute approximate surface area is 78.3 Å². The summed E-state index contributed by atoms with van der Waals surface area (Å²) >= 11 is 0. The number of hydrogen-bond acceptors (Lipinski definition) is 3. The summed E-state index contributed by atoms with van der Waals surface area (Å²) < 4.78 is 0. The number of nitrogens with zero attached hydrogens (tertiary/aromatic N) is 1. The molecule has 1 rings (SSSR count). The Morgan fingerprint density at radius 3 is 2.92 bits per heavy atom. The smallest absolute Gasteiger partial charge is 0.234 e. The highest BCUT2D eigenvalue weighted by Gasteiger charge is 2.22. The molecule has 1 aliphatic carbocycles. The first-order chi connectivity index (χ1) is 6.22. The number of hydrogen-bond donors (Lipinski definition) is 2. The lowest BCUT2D eigenvalue weighted by Crippen LogP contribution is -2.36. The predicted octanol–water partition coefficient (Wildman–Crippen LogP) is 0.0143. The Hall–Kier alpha value is -1.08. The predicted molar refractivity (Wildman–Crippen MR) is 48.8 cm³/mol. The lowest BCUT2D eigenvalue weighted by Gasteiger charge is -2.05. The second kappa shape index (κ2) is 4.83. The van der Waals surface area contributed by atoms with Crippen LogP contribution in [-0.2, 0) is 4.79 Å². The average molecular weight is 181 g/mol. The molecule has 0 aromatic rings. The Bertz CT molecular complexity index is 217. The van der Waals surface area contributed by atoms with E-state index in [0.717, 1.165) is 12.8 Å². The lowest BCUT2D eigenvalue weighted by atomic mass is 10.2. The molecular weight excluding hydrogens is 166 g/mol. The minimum atomic E-state index is -0.0336. The molecule has 1 saturated carbocycles. The molecule has 0 spiro atoms. The van der Waals surface area contributed by atoms with Crippen LogP contribution < -0.4 is 10.6 Å². The Morgan fingerprint density at radius 2 is 2.38 bits per heavy atom. The number of rotatable bonds is 5. The number of nitriles is 1. The van der Waals surface area contributed by atoms with Gasteiger partial charge in [-0.1, -0.05) is 0 Å². The molecule has 0 bridgehead atoms. The standard InChI is InChI=1S/C9H15N3O/c1-7(4-10)5-11-6-9(13)12-8-2-3-8/h7-8,11H,2-3,5-6H2,1H3,(H,12,13). The summed E-state index contributed by atoms with van der Waals surface area (Å²) in [4.78, 5) is 11.1. The summed E-state index contributed by atoms with van der Waals surface area (Å²) in [6, 6.07) is 2.52. The monoisotopic (exact) mass is 181 g/mol. The summed E-state index contributed by atoms with van der Waals surface area (Å²) in [6.07, 6.45) is 2.22. The van der Waals surface area contributed by atoms with Crippen LogP contribution in [0.2, 0.25) is 0 Å². The fraction of sp³-hybridized carbons (Fsp3) is 0.778. The normalized spacial score (nSPS) is 17.5. The zero-order valence-corrected chi connectivity index (χ0v) is 7.84. The van der Waals surface area contributed by atoms with Crippen molar-refractivity contribution in [3.63, 3.8) is 0 Å². The van der Waals surface area contributed by atoms with Crippen molar-refractivity contribution in [2.24, 2.45) is 5.92 Å². The van der Waals surface area contributed by atoms with Crippen LogP contribution in [0.25, 0.3) is 0 Å². The zero-order chi connectivity index (χ0) is 9.68. The number of nitrogens with one attached hydrogen (secondary N) is 2. The van der Waals surface area contributed by atoms with Gasteiger partial charge in [0.1, 0.15) is 0 Å². The molecule has 0 saturated heterocycles. The zero-order valence-electron chi connectivity index (χ0n) is 7.84. The molecule has 4 heteroatoms. The van der Waals surface area contributed by atoms with Crippen molar-refractivity contribution in [3.05, 3.63) is 0 Å². The summed E-state index contributed by atoms with van der Waals surface area (Å²) in [5.74, 6) is 0.00126. The number of amides is 1. The Morgan fingerprint density at radius 1 is 1.69 bits per heavy atom. The molecule has 13 heavy (non-hydrogen) atoms. The van der Waals surface area contributed by atoms with E-state index in [2.05, 4.69) is 16.7 Å². The Balaban J connectivity index is 1.98. The first-order valence-corrected chi connectivity index (χ1v) is 4.62. The van der Waals surface area contributed by atoms with Crippen LogP contribution in [0.3, 0.4) is 0 Å². The van der Waals surface area contributed by atoms with Gasteiger partial charge in [-0.15, -0.1) is 0 Å². The van der Waals surface area contributed by atoms with E-state index in [9.17, 15) is 4.79 Å². The topological polar surface area (TPSA) is 64.9 Å². The van der Waals surface area contributed by atoms with E-state index in [1.807, 2.05) is 6.92 Å². The van der Waals surface area contributed by atoms with Gasteiger partial charge in [0.2, 0.25) is 5.91 Å². The quantitative estimate of drug-likeness (QED) is 0.628. The van der Waals surface area contributed by atoms with Crippen LogP contribution in [0.1, 0.15) is 19.8 Å². The summed E-state index contributed by atoms with van der Waals surface area (Å²) in [5.41, 5.74) is 0. The van der Waals surface area contributed by atoms with Crippen LogP contribution in [0.15, 0.2) is 0 Å². The van der Waals surface area contributed by atoms with E-state index < -0.39 is 0 Å². The summed E-state index contributed by atoms with van der Waals surface area (Å²) in [5, 5.41) is 14.3. The molecule has 1 unspecified atom stereocenters. The van der Waals surface area contributed by atoms with E-state index in [-0.39, 0.29) is 11.8 Å². The van der Waals surface area contributed by atoms with E-state index in [0.29, 0.717) is 19.1 Å². The van der Waals surface area contributed by atoms with Gasteiger partial charge in [-0.2, -0.15) is 5.26 Å². The highest BCUT2D eigenvalue weighted by Crippen LogP contribution is 2.18. The minimum absolute atomic E-state index is 0.0336. The maximum Gasteiger partial charge on any atom is 0.234 e. The second-order valence-corrected chi connectivity index (χ2v) is 3.50. The third kappa shape index (κ3) is 4.48. The van der Waals surface area contributed by atoms with Crippen molar-refractivity contribution in [1.82, 2.24) is 10.6 Å². The van der Waals surface area contributed by atoms with E-state index in [4.69, 9.17) is 5.26 Å². The number of carbonyl (C=O) groups is 1. The average Bonchev–Trinajstić information content (AvgIpc) is 2.88. The maximum atomic E-state index is 11.1. The van der Waals surface area contributed by atoms with Crippen LogP contribution in [0, 0.1) is 17.2 Å². The number of carbonyl (C=O) groups excluding carboxylic acids is 1. The van der Waals surface area contributed by atoms with Gasteiger partial charge in [0.25, 0.3) is 0 Å². The molecule has 0 heterocycles. The van der Waals surface area contributed by atoms with Gasteiger partial charge in [0, 0.05) is 12.6 Å². The van der Waals surface area contributed by atoms with Crippen LogP contribution in [-0.4, -0.2) is 25.0 Å². The van der Waals surface area contributed by atoms with Crippen molar-refractivity contribution in [2.45, 2.75) is 25.8 Å². The van der Waals surface area contributed by atoms with Crippen LogP contribution >= 0.6 is 0 Å². The molecule has 0 aliphatic heterocycles. The van der Waals surface area contributed by atoms with E-state index >= 15 is 0 Å². The SMILES string of the molecule is CC(C#N)CNCC(=O)NC1CC1. The molecule has 0 aromatic heterocycles. The second-order valence-electron chi connectivity index (χ2n) is 3.50. The van der Waals surface area contributed by atoms with Crippen LogP contribution in [0.5, 0.6) is 0 Å². The first kappa shape index (κ1) is 10.0. The van der Waals surface area contributed by atoms with Gasteiger partial charge < -0.3 is 10.6 Å². The van der Waals surface area contributed by atoms with Gasteiger partial charge in [-0.05, 0) is 19.8 Å². The van der Waals surface area contributed by atoms with E-state index in [1.54, 1.807) is 0 Å². The first-order valence-electron chi connectivity index (χ1n) is 4.62. The minimum Gasteiger partial charge on any atom is -0.352 e. The molecular formula is C9H15N3O. The fourth-order valence-electron chi connectivity index (χ4n) is 0.954. The van der Waals surface area contributed by atoms with Gasteiger partial charge in [-0.3, -0.25) is 4.79 Å². The maximum absolute atomic E-state index is 11.1. The molecule has 1 atom stereocenters. The fourth-order valence-corrected chi connectivity index (χ4v) is 0.954. The Kier molecular flexibility index (Phi) is 3.71. The van der Waals surface area contributed by atoms with Gasteiger partial charge >= 0.3 is 0 Å². The van der Waals surface area contributed by atoms with Gasteiger partial charge in [0.15, 0.2) is 0 Å². The molecule has 72 valence electrons. The van der Waals surface area contributed by atoms with Crippen molar-refractivity contribution in [3.8, 4) is 6.07 Å². The van der Waals surface area contributed by atoms with Crippen LogP contribution in [0.4, 0.5) is 0 Å². The molecule has 1 fully saturated rings. The molecule has 0 aromatic carbocycles. The highest BCUT2D eigenvalue weighted by molar-refractivity contribution is 5.78. The molecule has 1 aliphatic rings. The molecule has 0 radical (unpaired) electrons. The lowest BCUT2D eigenvalue weighted by molar-refractivity contribution is -0.120. The van der Waals surface area contributed by atoms with Crippen molar-refractivity contribution in [2.75, 3.05) is 13.1 Å². The third-order valence-corrected chi connectivity index (χ3v) is 1.90. The van der Waals surface area contributed by atoms with Crippen molar-refractivity contribution in [1.29, 1.82) is 5.26 Å². The molecule has 2 N–H and O–H groups in total.